The average molecular weight is 246 g/mol. The molecule has 0 fully saturated rings. The van der Waals surface area contributed by atoms with Gasteiger partial charge in [-0.2, -0.15) is 0 Å². The molecule has 100 valence electrons. The van der Waals surface area contributed by atoms with Crippen molar-refractivity contribution >= 4 is 11.4 Å². The van der Waals surface area contributed by atoms with Gasteiger partial charge in [0.2, 0.25) is 0 Å². The van der Waals surface area contributed by atoms with Gasteiger partial charge in [0.25, 0.3) is 0 Å². The van der Waals surface area contributed by atoms with Crippen molar-refractivity contribution in [2.24, 2.45) is 16.6 Å². The SMILES string of the molecule is CCC(C)/C(=N\c1ccc(C)cc1C)C(C)(C)N. The molecule has 2 nitrogen and oxygen atoms in total. The minimum Gasteiger partial charge on any atom is -0.321 e. The van der Waals surface area contributed by atoms with Crippen molar-refractivity contribution in [3.63, 3.8) is 0 Å². The standard InChI is InChI=1S/C16H26N2/c1-7-12(3)15(16(5,6)17)18-14-9-8-11(2)10-13(14)4/h8-10,12H,7,17H2,1-6H3/b18-15+. The third kappa shape index (κ3) is 3.67. The van der Waals surface area contributed by atoms with E-state index < -0.39 is 0 Å². The highest BCUT2D eigenvalue weighted by Gasteiger charge is 2.24. The van der Waals surface area contributed by atoms with Crippen LogP contribution in [-0.2, 0) is 0 Å². The largest absolute Gasteiger partial charge is 0.321 e. The van der Waals surface area contributed by atoms with Crippen molar-refractivity contribution in [1.29, 1.82) is 0 Å². The Morgan fingerprint density at radius 2 is 1.94 bits per heavy atom. The summed E-state index contributed by atoms with van der Waals surface area (Å²) >= 11 is 0. The Labute approximate surface area is 111 Å². The first kappa shape index (κ1) is 14.9. The van der Waals surface area contributed by atoms with Crippen LogP contribution < -0.4 is 5.73 Å². The first-order valence-electron chi connectivity index (χ1n) is 6.71. The van der Waals surface area contributed by atoms with Gasteiger partial charge >= 0.3 is 0 Å². The minimum atomic E-state index is -0.368. The summed E-state index contributed by atoms with van der Waals surface area (Å²) in [6.45, 7) is 12.6. The van der Waals surface area contributed by atoms with Crippen molar-refractivity contribution in [3.05, 3.63) is 29.3 Å². The van der Waals surface area contributed by atoms with Crippen LogP contribution in [0.2, 0.25) is 0 Å². The van der Waals surface area contributed by atoms with Crippen LogP contribution in [0.15, 0.2) is 23.2 Å². The van der Waals surface area contributed by atoms with Crippen molar-refractivity contribution in [1.82, 2.24) is 0 Å². The highest BCUT2D eigenvalue weighted by atomic mass is 14.8. The molecule has 0 aliphatic rings. The first-order valence-corrected chi connectivity index (χ1v) is 6.71. The molecular weight excluding hydrogens is 220 g/mol. The van der Waals surface area contributed by atoms with Gasteiger partial charge in [0, 0.05) is 11.3 Å². The van der Waals surface area contributed by atoms with E-state index in [2.05, 4.69) is 45.9 Å². The van der Waals surface area contributed by atoms with Crippen LogP contribution >= 0.6 is 0 Å². The predicted molar refractivity (Wildman–Crippen MR) is 80.7 cm³/mol. The molecule has 0 aliphatic heterocycles. The summed E-state index contributed by atoms with van der Waals surface area (Å²) in [6, 6.07) is 6.35. The Balaban J connectivity index is 3.24. The number of aryl methyl sites for hydroxylation is 2. The summed E-state index contributed by atoms with van der Waals surface area (Å²) in [5, 5.41) is 0. The molecule has 0 amide bonds. The molecule has 0 radical (unpaired) electrons. The molecule has 0 saturated carbocycles. The Bertz CT molecular complexity index is 439. The van der Waals surface area contributed by atoms with Crippen LogP contribution in [0.4, 0.5) is 5.69 Å². The topological polar surface area (TPSA) is 38.4 Å². The van der Waals surface area contributed by atoms with Gasteiger partial charge in [-0.1, -0.05) is 31.5 Å². The van der Waals surface area contributed by atoms with Crippen molar-refractivity contribution < 1.29 is 0 Å². The molecule has 0 aliphatic carbocycles. The van der Waals surface area contributed by atoms with Crippen molar-refractivity contribution in [3.8, 4) is 0 Å². The van der Waals surface area contributed by atoms with Gasteiger partial charge < -0.3 is 5.73 Å². The number of hydrogen-bond donors (Lipinski definition) is 1. The van der Waals surface area contributed by atoms with Gasteiger partial charge in [0.05, 0.1) is 5.69 Å². The second kappa shape index (κ2) is 5.66. The highest BCUT2D eigenvalue weighted by molar-refractivity contribution is 5.96. The van der Waals surface area contributed by atoms with Crippen LogP contribution in [0.1, 0.15) is 45.2 Å². The molecule has 1 unspecified atom stereocenters. The zero-order chi connectivity index (χ0) is 13.9. The quantitative estimate of drug-likeness (QED) is 0.796. The van der Waals surface area contributed by atoms with Crippen molar-refractivity contribution in [2.75, 3.05) is 0 Å². The maximum absolute atomic E-state index is 6.25. The number of nitrogens with two attached hydrogens (primary N) is 1. The summed E-state index contributed by atoms with van der Waals surface area (Å²) in [7, 11) is 0. The van der Waals surface area contributed by atoms with E-state index in [0.717, 1.165) is 17.8 Å². The summed E-state index contributed by atoms with van der Waals surface area (Å²) in [5.74, 6) is 0.408. The molecule has 1 aromatic carbocycles. The number of rotatable bonds is 4. The van der Waals surface area contributed by atoms with Crippen LogP contribution in [0.5, 0.6) is 0 Å². The van der Waals surface area contributed by atoms with Gasteiger partial charge in [-0.15, -0.1) is 0 Å². The van der Waals surface area contributed by atoms with E-state index in [4.69, 9.17) is 10.7 Å². The minimum absolute atomic E-state index is 0.368. The maximum Gasteiger partial charge on any atom is 0.0659 e. The summed E-state index contributed by atoms with van der Waals surface area (Å²) in [6.07, 6.45) is 1.06. The zero-order valence-corrected chi connectivity index (χ0v) is 12.5. The first-order chi connectivity index (χ1) is 8.25. The maximum atomic E-state index is 6.25. The van der Waals surface area contributed by atoms with E-state index in [0.29, 0.717) is 5.92 Å². The molecule has 1 atom stereocenters. The number of nitrogens with zero attached hydrogens (tertiary/aromatic N) is 1. The molecule has 0 saturated heterocycles. The smallest absolute Gasteiger partial charge is 0.0659 e. The second-order valence-corrected chi connectivity index (χ2v) is 5.82. The van der Waals surface area contributed by atoms with Crippen LogP contribution in [-0.4, -0.2) is 11.3 Å². The Morgan fingerprint density at radius 1 is 1.33 bits per heavy atom. The molecule has 1 aromatic rings. The Hall–Kier alpha value is -1.15. The molecule has 0 aromatic heterocycles. The van der Waals surface area contributed by atoms with Gasteiger partial charge in [-0.05, 0) is 51.7 Å². The van der Waals surface area contributed by atoms with E-state index in [-0.39, 0.29) is 5.54 Å². The fourth-order valence-electron chi connectivity index (χ4n) is 2.14. The molecule has 18 heavy (non-hydrogen) atoms. The molecular formula is C16H26N2. The van der Waals surface area contributed by atoms with Gasteiger partial charge in [-0.25, -0.2) is 0 Å². The summed E-state index contributed by atoms with van der Waals surface area (Å²) in [5.41, 5.74) is 10.5. The monoisotopic (exact) mass is 246 g/mol. The number of hydrogen-bond acceptors (Lipinski definition) is 2. The number of benzene rings is 1. The lowest BCUT2D eigenvalue weighted by Gasteiger charge is -2.26. The van der Waals surface area contributed by atoms with Crippen molar-refractivity contribution in [2.45, 2.75) is 53.5 Å². The summed E-state index contributed by atoms with van der Waals surface area (Å²) in [4.78, 5) is 4.83. The van der Waals surface area contributed by atoms with E-state index in [9.17, 15) is 0 Å². The Kier molecular flexibility index (Phi) is 4.69. The van der Waals surface area contributed by atoms with Crippen LogP contribution in [0.3, 0.4) is 0 Å². The lowest BCUT2D eigenvalue weighted by atomic mass is 9.88. The third-order valence-corrected chi connectivity index (χ3v) is 3.33. The van der Waals surface area contributed by atoms with E-state index in [1.807, 2.05) is 13.8 Å². The molecule has 0 heterocycles. The molecule has 2 N–H and O–H groups in total. The zero-order valence-electron chi connectivity index (χ0n) is 12.5. The predicted octanol–water partition coefficient (Wildman–Crippen LogP) is 4.16. The van der Waals surface area contributed by atoms with E-state index >= 15 is 0 Å². The lowest BCUT2D eigenvalue weighted by Crippen LogP contribution is -2.44. The molecule has 1 rings (SSSR count). The molecule has 0 bridgehead atoms. The lowest BCUT2D eigenvalue weighted by molar-refractivity contribution is 0.617. The molecule has 0 spiro atoms. The highest BCUT2D eigenvalue weighted by Crippen LogP contribution is 2.24. The van der Waals surface area contributed by atoms with E-state index in [1.165, 1.54) is 11.1 Å². The van der Waals surface area contributed by atoms with Crippen LogP contribution in [0, 0.1) is 19.8 Å². The number of aliphatic imine (C=N–C) groups is 1. The summed E-state index contributed by atoms with van der Waals surface area (Å²) < 4.78 is 0. The Morgan fingerprint density at radius 3 is 2.39 bits per heavy atom. The normalized spacial score (nSPS) is 14.7. The van der Waals surface area contributed by atoms with Crippen LogP contribution in [0.25, 0.3) is 0 Å². The second-order valence-electron chi connectivity index (χ2n) is 5.82. The van der Waals surface area contributed by atoms with Gasteiger partial charge in [-0.3, -0.25) is 4.99 Å². The average Bonchev–Trinajstić information content (AvgIpc) is 2.25. The third-order valence-electron chi connectivity index (χ3n) is 3.33. The van der Waals surface area contributed by atoms with Gasteiger partial charge in [0.15, 0.2) is 0 Å². The fraction of sp³-hybridized carbons (Fsp3) is 0.562. The van der Waals surface area contributed by atoms with E-state index in [1.54, 1.807) is 0 Å². The molecule has 2 heteroatoms. The fourth-order valence-corrected chi connectivity index (χ4v) is 2.14. The van der Waals surface area contributed by atoms with Gasteiger partial charge in [0.1, 0.15) is 0 Å².